The van der Waals surface area contributed by atoms with Gasteiger partial charge >= 0.3 is 5.97 Å². The first-order valence-corrected chi connectivity index (χ1v) is 8.80. The molecule has 6 heteroatoms. The molecule has 0 bridgehead atoms. The van der Waals surface area contributed by atoms with Crippen LogP contribution in [0, 0.1) is 5.92 Å². The normalized spacial score (nSPS) is 20.6. The lowest BCUT2D eigenvalue weighted by molar-refractivity contribution is -0.142. The Balaban J connectivity index is 2.28. The van der Waals surface area contributed by atoms with Gasteiger partial charge in [0.2, 0.25) is 5.91 Å². The lowest BCUT2D eigenvalue weighted by atomic mass is 9.93. The molecule has 1 heterocycles. The molecule has 2 rings (SSSR count). The number of likely N-dealkylation sites (N-methyl/N-ethyl adjacent to an activating group) is 1. The summed E-state index contributed by atoms with van der Waals surface area (Å²) in [5, 5.41) is 9.60. The van der Waals surface area contributed by atoms with Crippen molar-refractivity contribution in [3.63, 3.8) is 0 Å². The smallest absolute Gasteiger partial charge is 0.309 e. The van der Waals surface area contributed by atoms with Gasteiger partial charge in [-0.1, -0.05) is 12.1 Å². The molecule has 1 aliphatic rings. The molecule has 25 heavy (non-hydrogen) atoms. The number of carboxylic acids is 1. The van der Waals surface area contributed by atoms with Crippen LogP contribution in [0.4, 0.5) is 0 Å². The van der Waals surface area contributed by atoms with Gasteiger partial charge in [0.15, 0.2) is 0 Å². The van der Waals surface area contributed by atoms with E-state index in [1.165, 1.54) is 0 Å². The van der Waals surface area contributed by atoms with E-state index in [1.54, 1.807) is 4.90 Å². The summed E-state index contributed by atoms with van der Waals surface area (Å²) in [5.74, 6) is -1.06. The van der Waals surface area contributed by atoms with Crippen LogP contribution in [0.1, 0.15) is 38.8 Å². The Bertz CT molecular complexity index is 617. The van der Waals surface area contributed by atoms with Gasteiger partial charge in [-0.05, 0) is 45.5 Å². The van der Waals surface area contributed by atoms with Crippen LogP contribution in [0.3, 0.4) is 0 Å². The maximum absolute atomic E-state index is 12.5. The van der Waals surface area contributed by atoms with Crippen molar-refractivity contribution in [3.8, 4) is 5.75 Å². The number of likely N-dealkylation sites (tertiary alicyclic amines) is 1. The molecule has 1 amide bonds. The van der Waals surface area contributed by atoms with Crippen molar-refractivity contribution in [1.29, 1.82) is 0 Å². The summed E-state index contributed by atoms with van der Waals surface area (Å²) in [6.07, 6.45) is 0.0459. The Morgan fingerprint density at radius 3 is 2.76 bits per heavy atom. The first-order valence-electron chi connectivity index (χ1n) is 8.80. The molecular formula is C19H28N2O4. The summed E-state index contributed by atoms with van der Waals surface area (Å²) in [4.78, 5) is 28.1. The maximum atomic E-state index is 12.5. The van der Waals surface area contributed by atoms with Gasteiger partial charge in [0.05, 0.1) is 18.6 Å². The number of benzene rings is 1. The molecule has 2 atom stereocenters. The zero-order valence-electron chi connectivity index (χ0n) is 15.4. The van der Waals surface area contributed by atoms with Gasteiger partial charge in [-0.15, -0.1) is 0 Å². The van der Waals surface area contributed by atoms with Gasteiger partial charge in [0.1, 0.15) is 5.75 Å². The van der Waals surface area contributed by atoms with E-state index in [2.05, 4.69) is 18.7 Å². The number of rotatable bonds is 8. The number of nitrogens with zero attached hydrogens (tertiary/aromatic N) is 2. The molecule has 1 aromatic rings. The second-order valence-corrected chi connectivity index (χ2v) is 6.76. The zero-order chi connectivity index (χ0) is 18.6. The van der Waals surface area contributed by atoms with Crippen LogP contribution < -0.4 is 4.74 Å². The molecule has 0 spiro atoms. The third-order valence-electron chi connectivity index (χ3n) is 4.83. The average Bonchev–Trinajstić information content (AvgIpc) is 2.90. The monoisotopic (exact) mass is 348 g/mol. The number of carbonyl (C=O) groups excluding carboxylic acids is 1. The highest BCUT2D eigenvalue weighted by Gasteiger charge is 2.44. The SMILES string of the molecule is CCOc1cccc([C@H]2[C@H](C(=O)O)CC(=O)N2CCN(C)C(C)C)c1. The van der Waals surface area contributed by atoms with E-state index in [9.17, 15) is 14.7 Å². The third kappa shape index (κ3) is 4.51. The Labute approximate surface area is 149 Å². The Hall–Kier alpha value is -2.08. The van der Waals surface area contributed by atoms with Crippen LogP contribution in [0.25, 0.3) is 0 Å². The molecule has 1 aromatic carbocycles. The van der Waals surface area contributed by atoms with E-state index in [0.717, 1.165) is 5.56 Å². The van der Waals surface area contributed by atoms with Crippen molar-refractivity contribution < 1.29 is 19.4 Å². The molecule has 6 nitrogen and oxygen atoms in total. The minimum absolute atomic E-state index is 0.0459. The predicted octanol–water partition coefficient (Wildman–Crippen LogP) is 2.40. The van der Waals surface area contributed by atoms with E-state index in [1.807, 2.05) is 38.2 Å². The summed E-state index contributed by atoms with van der Waals surface area (Å²) < 4.78 is 5.53. The fraction of sp³-hybridized carbons (Fsp3) is 0.579. The quantitative estimate of drug-likeness (QED) is 0.781. The molecule has 0 aromatic heterocycles. The molecule has 138 valence electrons. The Kier molecular flexibility index (Phi) is 6.42. The highest BCUT2D eigenvalue weighted by molar-refractivity contribution is 5.87. The number of aliphatic carboxylic acids is 1. The van der Waals surface area contributed by atoms with Gasteiger partial charge in [0, 0.05) is 25.6 Å². The molecule has 0 unspecified atom stereocenters. The molecule has 0 radical (unpaired) electrons. The number of carbonyl (C=O) groups is 2. The number of carboxylic acid groups (broad SMARTS) is 1. The summed E-state index contributed by atoms with van der Waals surface area (Å²) in [6, 6.07) is 7.33. The molecule has 1 aliphatic heterocycles. The van der Waals surface area contributed by atoms with Crippen LogP contribution in [0.5, 0.6) is 5.75 Å². The van der Waals surface area contributed by atoms with Crippen molar-refractivity contribution >= 4 is 11.9 Å². The molecule has 0 aliphatic carbocycles. The molecule has 0 saturated carbocycles. The van der Waals surface area contributed by atoms with Crippen molar-refractivity contribution in [3.05, 3.63) is 29.8 Å². The van der Waals surface area contributed by atoms with Gasteiger partial charge in [-0.2, -0.15) is 0 Å². The second-order valence-electron chi connectivity index (χ2n) is 6.76. The van der Waals surface area contributed by atoms with Crippen LogP contribution in [-0.2, 0) is 9.59 Å². The zero-order valence-corrected chi connectivity index (χ0v) is 15.4. The minimum atomic E-state index is -0.931. The summed E-state index contributed by atoms with van der Waals surface area (Å²) in [6.45, 7) is 7.85. The van der Waals surface area contributed by atoms with Crippen molar-refractivity contribution in [2.75, 3.05) is 26.7 Å². The molecule has 1 fully saturated rings. The second kappa shape index (κ2) is 8.34. The standard InChI is InChI=1S/C19H28N2O4/c1-5-25-15-8-6-7-14(11-15)18-16(19(23)24)12-17(22)21(18)10-9-20(4)13(2)3/h6-8,11,13,16,18H,5,9-10,12H2,1-4H3,(H,23,24)/t16-,18+/m1/s1. The van der Waals surface area contributed by atoms with E-state index in [4.69, 9.17) is 4.74 Å². The average molecular weight is 348 g/mol. The lowest BCUT2D eigenvalue weighted by Gasteiger charge is -2.30. The van der Waals surface area contributed by atoms with Gasteiger partial charge in [-0.3, -0.25) is 9.59 Å². The molecule has 1 saturated heterocycles. The van der Waals surface area contributed by atoms with Crippen LogP contribution >= 0.6 is 0 Å². The van der Waals surface area contributed by atoms with Crippen LogP contribution in [0.2, 0.25) is 0 Å². The number of hydrogen-bond acceptors (Lipinski definition) is 4. The largest absolute Gasteiger partial charge is 0.494 e. The predicted molar refractivity (Wildman–Crippen MR) is 95.6 cm³/mol. The first-order chi connectivity index (χ1) is 11.8. The maximum Gasteiger partial charge on any atom is 0.309 e. The lowest BCUT2D eigenvalue weighted by Crippen LogP contribution is -2.39. The topological polar surface area (TPSA) is 70.1 Å². The highest BCUT2D eigenvalue weighted by atomic mass is 16.5. The van der Waals surface area contributed by atoms with Gasteiger partial charge < -0.3 is 19.6 Å². The summed E-state index contributed by atoms with van der Waals surface area (Å²) in [5.41, 5.74) is 0.816. The van der Waals surface area contributed by atoms with Crippen molar-refractivity contribution in [2.24, 2.45) is 5.92 Å². The van der Waals surface area contributed by atoms with Gasteiger partial charge in [0.25, 0.3) is 0 Å². The Morgan fingerprint density at radius 2 is 2.16 bits per heavy atom. The van der Waals surface area contributed by atoms with Crippen LogP contribution in [0.15, 0.2) is 24.3 Å². The van der Waals surface area contributed by atoms with E-state index >= 15 is 0 Å². The third-order valence-corrected chi connectivity index (χ3v) is 4.83. The van der Waals surface area contributed by atoms with Crippen molar-refractivity contribution in [2.45, 2.75) is 39.3 Å². The Morgan fingerprint density at radius 1 is 1.44 bits per heavy atom. The fourth-order valence-corrected chi connectivity index (χ4v) is 3.17. The van der Waals surface area contributed by atoms with E-state index < -0.39 is 17.9 Å². The van der Waals surface area contributed by atoms with E-state index in [-0.39, 0.29) is 12.3 Å². The first kappa shape index (κ1) is 19.2. The fourth-order valence-electron chi connectivity index (χ4n) is 3.17. The van der Waals surface area contributed by atoms with Crippen molar-refractivity contribution in [1.82, 2.24) is 9.80 Å². The van der Waals surface area contributed by atoms with Gasteiger partial charge in [-0.25, -0.2) is 0 Å². The molecular weight excluding hydrogens is 320 g/mol. The number of ether oxygens (including phenoxy) is 1. The molecule has 1 N–H and O–H groups in total. The number of hydrogen-bond donors (Lipinski definition) is 1. The summed E-state index contributed by atoms with van der Waals surface area (Å²) >= 11 is 0. The van der Waals surface area contributed by atoms with Crippen LogP contribution in [-0.4, -0.2) is 59.6 Å². The minimum Gasteiger partial charge on any atom is -0.494 e. The number of amides is 1. The highest BCUT2D eigenvalue weighted by Crippen LogP contribution is 2.39. The van der Waals surface area contributed by atoms with E-state index in [0.29, 0.717) is 31.5 Å². The summed E-state index contributed by atoms with van der Waals surface area (Å²) in [7, 11) is 2.00.